The SMILES string of the molecule is CCCCc1ccc(C2CCN(S(=O)(=O)OC(=O)C3CCOC(C(C)(C)C)C3)CC2)s1. The van der Waals surface area contributed by atoms with Crippen molar-refractivity contribution >= 4 is 27.6 Å². The molecule has 0 saturated carbocycles. The number of ether oxygens (including phenoxy) is 1. The highest BCUT2D eigenvalue weighted by Crippen LogP contribution is 2.35. The second-order valence-corrected chi connectivity index (χ2v) is 12.6. The third kappa shape index (κ3) is 6.53. The molecule has 0 aliphatic carbocycles. The van der Waals surface area contributed by atoms with Crippen LogP contribution >= 0.6 is 11.3 Å². The van der Waals surface area contributed by atoms with Gasteiger partial charge < -0.3 is 8.92 Å². The standard InChI is InChI=1S/C23H37NO5S2/c1-5-6-7-19-8-9-20(30-19)17-10-13-24(14-11-17)31(26,27)29-22(25)18-12-15-28-21(16-18)23(2,3)4/h8-9,17-18,21H,5-7,10-16H2,1-4H3. The first-order valence-electron chi connectivity index (χ1n) is 11.5. The van der Waals surface area contributed by atoms with Crippen molar-refractivity contribution in [3.8, 4) is 0 Å². The third-order valence-corrected chi connectivity index (χ3v) is 9.08. The maximum Gasteiger partial charge on any atom is 0.387 e. The van der Waals surface area contributed by atoms with Gasteiger partial charge in [-0.05, 0) is 62.0 Å². The molecule has 3 heterocycles. The molecular formula is C23H37NO5S2. The van der Waals surface area contributed by atoms with Gasteiger partial charge in [0.05, 0.1) is 12.0 Å². The minimum absolute atomic E-state index is 0.0785. The number of carbonyl (C=O) groups excluding carboxylic acids is 1. The summed E-state index contributed by atoms with van der Waals surface area (Å²) in [4.78, 5) is 15.4. The van der Waals surface area contributed by atoms with Crippen LogP contribution in [0.2, 0.25) is 0 Å². The molecule has 2 unspecified atom stereocenters. The summed E-state index contributed by atoms with van der Waals surface area (Å²) in [6, 6.07) is 4.40. The quantitative estimate of drug-likeness (QED) is 0.566. The van der Waals surface area contributed by atoms with Gasteiger partial charge in [0.25, 0.3) is 0 Å². The number of rotatable bonds is 7. The number of thiophene rings is 1. The Bertz CT molecular complexity index is 834. The number of aryl methyl sites for hydroxylation is 1. The molecule has 2 aliphatic heterocycles. The molecule has 6 nitrogen and oxygen atoms in total. The van der Waals surface area contributed by atoms with Crippen LogP contribution in [0, 0.1) is 11.3 Å². The Balaban J connectivity index is 1.52. The molecule has 1 aromatic rings. The van der Waals surface area contributed by atoms with E-state index in [1.54, 1.807) is 0 Å². The molecule has 31 heavy (non-hydrogen) atoms. The van der Waals surface area contributed by atoms with Gasteiger partial charge in [-0.25, -0.2) is 0 Å². The molecule has 8 heteroatoms. The van der Waals surface area contributed by atoms with Crippen LogP contribution in [0.4, 0.5) is 0 Å². The summed E-state index contributed by atoms with van der Waals surface area (Å²) in [6.45, 7) is 9.62. The van der Waals surface area contributed by atoms with Gasteiger partial charge in [-0.1, -0.05) is 34.1 Å². The molecule has 2 saturated heterocycles. The predicted octanol–water partition coefficient (Wildman–Crippen LogP) is 4.90. The summed E-state index contributed by atoms with van der Waals surface area (Å²) in [5.41, 5.74) is -0.0993. The fourth-order valence-electron chi connectivity index (χ4n) is 4.30. The maximum absolute atomic E-state index is 12.7. The number of unbranched alkanes of at least 4 members (excludes halogenated alkanes) is 1. The van der Waals surface area contributed by atoms with E-state index in [0.717, 1.165) is 19.3 Å². The van der Waals surface area contributed by atoms with E-state index < -0.39 is 22.2 Å². The molecule has 2 fully saturated rings. The summed E-state index contributed by atoms with van der Waals surface area (Å²) < 4.78 is 37.7. The molecular weight excluding hydrogens is 434 g/mol. The molecule has 0 amide bonds. The van der Waals surface area contributed by atoms with Crippen LogP contribution in [0.15, 0.2) is 12.1 Å². The van der Waals surface area contributed by atoms with Crippen LogP contribution in [0.1, 0.15) is 81.9 Å². The van der Waals surface area contributed by atoms with Crippen molar-refractivity contribution in [3.05, 3.63) is 21.9 Å². The van der Waals surface area contributed by atoms with E-state index in [2.05, 4.69) is 39.8 Å². The van der Waals surface area contributed by atoms with Crippen molar-refractivity contribution in [2.24, 2.45) is 11.3 Å². The Morgan fingerprint density at radius 2 is 1.94 bits per heavy atom. The average Bonchev–Trinajstić information content (AvgIpc) is 3.20. The van der Waals surface area contributed by atoms with Crippen LogP contribution in [0.5, 0.6) is 0 Å². The Labute approximate surface area is 191 Å². The average molecular weight is 472 g/mol. The van der Waals surface area contributed by atoms with Crippen LogP contribution < -0.4 is 0 Å². The first-order chi connectivity index (χ1) is 14.6. The zero-order valence-electron chi connectivity index (χ0n) is 19.3. The van der Waals surface area contributed by atoms with Crippen LogP contribution in [0.25, 0.3) is 0 Å². The Kier molecular flexibility index (Phi) is 8.21. The zero-order valence-corrected chi connectivity index (χ0v) is 20.9. The number of nitrogens with zero attached hydrogens (tertiary/aromatic N) is 1. The predicted molar refractivity (Wildman–Crippen MR) is 123 cm³/mol. The number of hydrogen-bond acceptors (Lipinski definition) is 6. The lowest BCUT2D eigenvalue weighted by Crippen LogP contribution is -2.42. The van der Waals surface area contributed by atoms with Gasteiger partial charge in [-0.2, -0.15) is 12.7 Å². The van der Waals surface area contributed by atoms with Crippen molar-refractivity contribution in [2.45, 2.75) is 84.7 Å². The summed E-state index contributed by atoms with van der Waals surface area (Å²) in [5.74, 6) is -0.693. The van der Waals surface area contributed by atoms with Crippen molar-refractivity contribution in [3.63, 3.8) is 0 Å². The Morgan fingerprint density at radius 3 is 2.58 bits per heavy atom. The Hall–Kier alpha value is -0.960. The summed E-state index contributed by atoms with van der Waals surface area (Å²) in [5, 5.41) is 0. The third-order valence-electron chi connectivity index (χ3n) is 6.40. The lowest BCUT2D eigenvalue weighted by Gasteiger charge is -2.37. The van der Waals surface area contributed by atoms with E-state index in [1.165, 1.54) is 26.9 Å². The molecule has 0 bridgehead atoms. The van der Waals surface area contributed by atoms with Gasteiger partial charge in [0.15, 0.2) is 0 Å². The number of carbonyl (C=O) groups is 1. The van der Waals surface area contributed by atoms with E-state index in [4.69, 9.17) is 8.92 Å². The van der Waals surface area contributed by atoms with Gasteiger partial charge in [0.2, 0.25) is 0 Å². The first kappa shape index (κ1) is 24.7. The first-order valence-corrected chi connectivity index (χ1v) is 13.7. The minimum atomic E-state index is -4.05. The van der Waals surface area contributed by atoms with Crippen LogP contribution in [-0.4, -0.2) is 44.5 Å². The normalized spacial score (nSPS) is 24.3. The maximum atomic E-state index is 12.7. The smallest absolute Gasteiger partial charge is 0.378 e. The van der Waals surface area contributed by atoms with Crippen molar-refractivity contribution in [2.75, 3.05) is 19.7 Å². The summed E-state index contributed by atoms with van der Waals surface area (Å²) >= 11 is 1.85. The summed E-state index contributed by atoms with van der Waals surface area (Å²) in [6.07, 6.45) is 5.94. The van der Waals surface area contributed by atoms with E-state index in [-0.39, 0.29) is 11.5 Å². The lowest BCUT2D eigenvalue weighted by molar-refractivity contribution is -0.147. The van der Waals surface area contributed by atoms with Crippen molar-refractivity contribution in [1.82, 2.24) is 4.31 Å². The number of hydrogen-bond donors (Lipinski definition) is 0. The van der Waals surface area contributed by atoms with Crippen molar-refractivity contribution in [1.29, 1.82) is 0 Å². The lowest BCUT2D eigenvalue weighted by atomic mass is 9.81. The van der Waals surface area contributed by atoms with E-state index in [9.17, 15) is 13.2 Å². The summed E-state index contributed by atoms with van der Waals surface area (Å²) in [7, 11) is -4.05. The topological polar surface area (TPSA) is 72.9 Å². The fourth-order valence-corrected chi connectivity index (χ4v) is 6.63. The van der Waals surface area contributed by atoms with Gasteiger partial charge in [-0.3, -0.25) is 4.79 Å². The second kappa shape index (κ2) is 10.3. The second-order valence-electron chi connectivity index (χ2n) is 9.89. The molecule has 0 radical (unpaired) electrons. The molecule has 0 aromatic carbocycles. The van der Waals surface area contributed by atoms with Crippen LogP contribution in [0.3, 0.4) is 0 Å². The minimum Gasteiger partial charge on any atom is -0.378 e. The van der Waals surface area contributed by atoms with E-state index in [1.807, 2.05) is 11.3 Å². The van der Waals surface area contributed by atoms with Crippen LogP contribution in [-0.2, 0) is 30.4 Å². The molecule has 2 atom stereocenters. The van der Waals surface area contributed by atoms with Gasteiger partial charge in [0, 0.05) is 29.5 Å². The Morgan fingerprint density at radius 1 is 1.23 bits per heavy atom. The highest BCUT2D eigenvalue weighted by atomic mass is 32.2. The monoisotopic (exact) mass is 471 g/mol. The van der Waals surface area contributed by atoms with Gasteiger partial charge in [-0.15, -0.1) is 11.3 Å². The van der Waals surface area contributed by atoms with Gasteiger partial charge in [0.1, 0.15) is 0 Å². The highest BCUT2D eigenvalue weighted by molar-refractivity contribution is 7.84. The molecule has 2 aliphatic rings. The largest absolute Gasteiger partial charge is 0.387 e. The number of piperidine rings is 1. The highest BCUT2D eigenvalue weighted by Gasteiger charge is 2.38. The fraction of sp³-hybridized carbons (Fsp3) is 0.783. The zero-order chi connectivity index (χ0) is 22.6. The van der Waals surface area contributed by atoms with Gasteiger partial charge >= 0.3 is 16.3 Å². The molecule has 1 aromatic heterocycles. The molecule has 176 valence electrons. The van der Waals surface area contributed by atoms with E-state index >= 15 is 0 Å². The van der Waals surface area contributed by atoms with E-state index in [0.29, 0.717) is 38.5 Å². The molecule has 3 rings (SSSR count). The molecule has 0 N–H and O–H groups in total. The van der Waals surface area contributed by atoms with Crippen molar-refractivity contribution < 1.29 is 22.1 Å². The molecule has 0 spiro atoms.